The van der Waals surface area contributed by atoms with E-state index in [0.717, 1.165) is 22.3 Å². The van der Waals surface area contributed by atoms with Gasteiger partial charge < -0.3 is 21.3 Å². The quantitative estimate of drug-likeness (QED) is 0.366. The van der Waals surface area contributed by atoms with E-state index in [9.17, 15) is 19.2 Å². The molecular formula is C28H30N4O4. The molecule has 0 bridgehead atoms. The number of nitrogens with one attached hydrogen (secondary N) is 4. The minimum Gasteiger partial charge on any atom is -0.344 e. The molecule has 0 aromatic heterocycles. The minimum absolute atomic E-state index is 0.142. The predicted octanol–water partition coefficient (Wildman–Crippen LogP) is 2.67. The highest BCUT2D eigenvalue weighted by atomic mass is 16.2. The number of carbonyl (C=O) groups is 4. The van der Waals surface area contributed by atoms with Crippen LogP contribution in [0.25, 0.3) is 0 Å². The van der Waals surface area contributed by atoms with Crippen LogP contribution < -0.4 is 21.3 Å². The van der Waals surface area contributed by atoms with Crippen LogP contribution in [0.4, 0.5) is 0 Å². The molecule has 3 aromatic carbocycles. The number of hydrogen-bond acceptors (Lipinski definition) is 4. The summed E-state index contributed by atoms with van der Waals surface area (Å²) in [7, 11) is 0. The van der Waals surface area contributed by atoms with Crippen LogP contribution in [0.15, 0.2) is 84.9 Å². The van der Waals surface area contributed by atoms with E-state index in [0.29, 0.717) is 0 Å². The molecule has 0 heterocycles. The van der Waals surface area contributed by atoms with Crippen molar-refractivity contribution in [2.24, 2.45) is 0 Å². The van der Waals surface area contributed by atoms with Gasteiger partial charge in [0, 0.05) is 13.1 Å². The van der Waals surface area contributed by atoms with E-state index in [2.05, 4.69) is 21.3 Å². The molecule has 0 aliphatic rings. The normalized spacial score (nSPS) is 12.1. The van der Waals surface area contributed by atoms with Gasteiger partial charge >= 0.3 is 23.6 Å². The third-order valence-corrected chi connectivity index (χ3v) is 5.60. The average molecular weight is 487 g/mol. The molecule has 4 N–H and O–H groups in total. The lowest BCUT2D eigenvalue weighted by Crippen LogP contribution is -2.41. The molecule has 8 heteroatoms. The maximum absolute atomic E-state index is 12.2. The number of amides is 4. The van der Waals surface area contributed by atoms with Gasteiger partial charge in [-0.05, 0) is 36.1 Å². The summed E-state index contributed by atoms with van der Waals surface area (Å²) in [5.74, 6) is -2.91. The van der Waals surface area contributed by atoms with E-state index in [1.54, 1.807) is 38.1 Å². The molecule has 0 fully saturated rings. The summed E-state index contributed by atoms with van der Waals surface area (Å²) in [6.45, 7) is 3.90. The second kappa shape index (κ2) is 12.9. The van der Waals surface area contributed by atoms with Crippen molar-refractivity contribution in [1.29, 1.82) is 0 Å². The van der Waals surface area contributed by atoms with Crippen LogP contribution in [-0.4, -0.2) is 23.6 Å². The molecule has 8 nitrogen and oxygen atoms in total. The Bertz CT molecular complexity index is 1110. The van der Waals surface area contributed by atoms with Gasteiger partial charge in [0.1, 0.15) is 0 Å². The molecule has 2 atom stereocenters. The Morgan fingerprint density at radius 1 is 0.556 bits per heavy atom. The van der Waals surface area contributed by atoms with Crippen molar-refractivity contribution < 1.29 is 19.2 Å². The maximum atomic E-state index is 12.2. The fourth-order valence-electron chi connectivity index (χ4n) is 3.55. The maximum Gasteiger partial charge on any atom is 0.309 e. The third kappa shape index (κ3) is 7.80. The zero-order valence-corrected chi connectivity index (χ0v) is 20.3. The molecule has 0 aliphatic carbocycles. The molecule has 2 unspecified atom stereocenters. The van der Waals surface area contributed by atoms with Gasteiger partial charge in [-0.25, -0.2) is 0 Å². The molecule has 0 saturated carbocycles. The number of rotatable bonds is 8. The van der Waals surface area contributed by atoms with Gasteiger partial charge in [0.05, 0.1) is 12.1 Å². The van der Waals surface area contributed by atoms with Crippen LogP contribution >= 0.6 is 0 Å². The van der Waals surface area contributed by atoms with Crippen molar-refractivity contribution in [1.82, 2.24) is 21.3 Å². The standard InChI is InChI=1S/C28H30N4O4/c1-19(23-12-5-3-6-13-23)31-27(35)25(33)29-17-21-10-9-11-22(16-21)18-30-26(34)28(36)32-20(2)24-14-7-4-8-15-24/h3-16,19-20H,17-18H2,1-2H3,(H,29,33)(H,30,34)(H,31,35)(H,32,36). The first kappa shape index (κ1) is 26.2. The lowest BCUT2D eigenvalue weighted by atomic mass is 10.1. The van der Waals surface area contributed by atoms with Crippen LogP contribution in [0.2, 0.25) is 0 Å². The highest BCUT2D eigenvalue weighted by Crippen LogP contribution is 2.12. The monoisotopic (exact) mass is 486 g/mol. The SMILES string of the molecule is CC(NC(=O)C(=O)NCc1cccc(CNC(=O)C(=O)NC(C)c2ccccc2)c1)c1ccccc1. The summed E-state index contributed by atoms with van der Waals surface area (Å²) in [4.78, 5) is 48.9. The Kier molecular flexibility index (Phi) is 9.33. The molecule has 186 valence electrons. The first-order valence-corrected chi connectivity index (χ1v) is 11.7. The summed E-state index contributed by atoms with van der Waals surface area (Å²) < 4.78 is 0. The molecule has 36 heavy (non-hydrogen) atoms. The van der Waals surface area contributed by atoms with E-state index in [1.807, 2.05) is 60.7 Å². The fourth-order valence-corrected chi connectivity index (χ4v) is 3.55. The first-order chi connectivity index (χ1) is 17.3. The van der Waals surface area contributed by atoms with Crippen molar-refractivity contribution in [3.05, 3.63) is 107 Å². The van der Waals surface area contributed by atoms with E-state index in [-0.39, 0.29) is 25.2 Å². The summed E-state index contributed by atoms with van der Waals surface area (Å²) in [6.07, 6.45) is 0. The number of carbonyl (C=O) groups excluding carboxylic acids is 4. The highest BCUT2D eigenvalue weighted by molar-refractivity contribution is 6.35. The Labute approximate surface area is 210 Å². The molecule has 0 spiro atoms. The number of hydrogen-bond donors (Lipinski definition) is 4. The van der Waals surface area contributed by atoms with Crippen molar-refractivity contribution in [3.8, 4) is 0 Å². The van der Waals surface area contributed by atoms with Gasteiger partial charge in [-0.3, -0.25) is 19.2 Å². The second-order valence-corrected chi connectivity index (χ2v) is 8.40. The van der Waals surface area contributed by atoms with Crippen molar-refractivity contribution in [2.45, 2.75) is 39.0 Å². The Hall–Kier alpha value is -4.46. The Morgan fingerprint density at radius 2 is 0.944 bits per heavy atom. The smallest absolute Gasteiger partial charge is 0.309 e. The summed E-state index contributed by atoms with van der Waals surface area (Å²) in [5, 5.41) is 10.5. The molecule has 0 saturated heterocycles. The van der Waals surface area contributed by atoms with Gasteiger partial charge in [-0.1, -0.05) is 84.9 Å². The van der Waals surface area contributed by atoms with Crippen LogP contribution in [0.1, 0.15) is 48.2 Å². The molecular weight excluding hydrogens is 456 g/mol. The first-order valence-electron chi connectivity index (χ1n) is 11.7. The van der Waals surface area contributed by atoms with E-state index in [1.165, 1.54) is 0 Å². The van der Waals surface area contributed by atoms with Gasteiger partial charge in [0.15, 0.2) is 0 Å². The summed E-state index contributed by atoms with van der Waals surface area (Å²) in [5.41, 5.74) is 3.30. The van der Waals surface area contributed by atoms with Crippen LogP contribution in [-0.2, 0) is 32.3 Å². The molecule has 3 rings (SSSR count). The molecule has 3 aromatic rings. The number of benzene rings is 3. The van der Waals surface area contributed by atoms with E-state index >= 15 is 0 Å². The van der Waals surface area contributed by atoms with E-state index < -0.39 is 23.6 Å². The van der Waals surface area contributed by atoms with Gasteiger partial charge in [-0.15, -0.1) is 0 Å². The van der Waals surface area contributed by atoms with Gasteiger partial charge in [0.25, 0.3) is 0 Å². The lowest BCUT2D eigenvalue weighted by Gasteiger charge is -2.14. The van der Waals surface area contributed by atoms with Gasteiger partial charge in [0.2, 0.25) is 0 Å². The minimum atomic E-state index is -0.735. The average Bonchev–Trinajstić information content (AvgIpc) is 2.91. The third-order valence-electron chi connectivity index (χ3n) is 5.60. The predicted molar refractivity (Wildman–Crippen MR) is 136 cm³/mol. The van der Waals surface area contributed by atoms with E-state index in [4.69, 9.17) is 0 Å². The molecule has 4 amide bonds. The van der Waals surface area contributed by atoms with Crippen molar-refractivity contribution >= 4 is 23.6 Å². The molecule has 0 aliphatic heterocycles. The highest BCUT2D eigenvalue weighted by Gasteiger charge is 2.18. The second-order valence-electron chi connectivity index (χ2n) is 8.40. The largest absolute Gasteiger partial charge is 0.344 e. The van der Waals surface area contributed by atoms with Crippen LogP contribution in [0.5, 0.6) is 0 Å². The van der Waals surface area contributed by atoms with Crippen molar-refractivity contribution in [2.75, 3.05) is 0 Å². The fraction of sp³-hybridized carbons (Fsp3) is 0.214. The molecule has 0 radical (unpaired) electrons. The van der Waals surface area contributed by atoms with Gasteiger partial charge in [-0.2, -0.15) is 0 Å². The summed E-state index contributed by atoms with van der Waals surface area (Å²) >= 11 is 0. The lowest BCUT2D eigenvalue weighted by molar-refractivity contribution is -0.139. The Balaban J connectivity index is 1.44. The Morgan fingerprint density at radius 3 is 1.33 bits per heavy atom. The van der Waals surface area contributed by atoms with Crippen LogP contribution in [0, 0.1) is 0 Å². The zero-order valence-electron chi connectivity index (χ0n) is 20.3. The van der Waals surface area contributed by atoms with Crippen LogP contribution in [0.3, 0.4) is 0 Å². The van der Waals surface area contributed by atoms with Crippen molar-refractivity contribution in [3.63, 3.8) is 0 Å². The zero-order chi connectivity index (χ0) is 25.9. The summed E-state index contributed by atoms with van der Waals surface area (Å²) in [6, 6.07) is 25.3. The topological polar surface area (TPSA) is 116 Å².